The van der Waals surface area contributed by atoms with E-state index >= 15 is 0 Å². The van der Waals surface area contributed by atoms with Gasteiger partial charge in [-0.2, -0.15) is 0 Å². The fourth-order valence-corrected chi connectivity index (χ4v) is 11.9. The molecule has 0 amide bonds. The third-order valence-electron chi connectivity index (χ3n) is 13.6. The summed E-state index contributed by atoms with van der Waals surface area (Å²) in [6, 6.07) is 64.4. The zero-order chi connectivity index (χ0) is 40.1. The molecule has 9 aromatic carbocycles. The fourth-order valence-electron chi connectivity index (χ4n) is 10.8. The largest absolute Gasteiger partial charge is 0.456 e. The van der Waals surface area contributed by atoms with E-state index in [1.54, 1.807) is 0 Å². The number of hydrogen-bond donors (Lipinski definition) is 0. The summed E-state index contributed by atoms with van der Waals surface area (Å²) < 4.78 is 18.0. The van der Waals surface area contributed by atoms with Crippen molar-refractivity contribution in [2.75, 3.05) is 0 Å². The molecule has 0 unspecified atom stereocenters. The Hall–Kier alpha value is -7.40. The van der Waals surface area contributed by atoms with E-state index in [1.807, 2.05) is 29.5 Å². The molecule has 0 saturated heterocycles. The average molecular weight is 798 g/mol. The number of nitrogens with zero attached hydrogens (tertiary/aromatic N) is 1. The minimum absolute atomic E-state index is 0.190. The first-order chi connectivity index (χ1) is 30.0. The van der Waals surface area contributed by atoms with Gasteiger partial charge in [0, 0.05) is 69.2 Å². The molecule has 0 spiro atoms. The molecule has 14 rings (SSSR count). The molecule has 0 radical (unpaired) electrons. The highest BCUT2D eigenvalue weighted by molar-refractivity contribution is 7.25. The lowest BCUT2D eigenvalue weighted by Crippen LogP contribution is -2.15. The first kappa shape index (κ1) is 33.4. The quantitative estimate of drug-likeness (QED) is 0.178. The van der Waals surface area contributed by atoms with E-state index in [-0.39, 0.29) is 5.41 Å². The molecule has 61 heavy (non-hydrogen) atoms. The van der Waals surface area contributed by atoms with Crippen LogP contribution in [0.5, 0.6) is 0 Å². The van der Waals surface area contributed by atoms with Gasteiger partial charge < -0.3 is 13.4 Å². The molecule has 13 aromatic rings. The van der Waals surface area contributed by atoms with Crippen LogP contribution in [0.1, 0.15) is 25.0 Å². The molecular weight excluding hydrogens is 763 g/mol. The van der Waals surface area contributed by atoms with Gasteiger partial charge in [-0.1, -0.05) is 117 Å². The van der Waals surface area contributed by atoms with Crippen molar-refractivity contribution in [2.24, 2.45) is 0 Å². The van der Waals surface area contributed by atoms with Crippen LogP contribution in [-0.2, 0) is 5.41 Å². The van der Waals surface area contributed by atoms with Gasteiger partial charge in [-0.3, -0.25) is 0 Å². The molecule has 4 heteroatoms. The minimum Gasteiger partial charge on any atom is -0.456 e. The molecule has 0 atom stereocenters. The van der Waals surface area contributed by atoms with Crippen LogP contribution < -0.4 is 0 Å². The monoisotopic (exact) mass is 797 g/mol. The molecule has 1 aliphatic carbocycles. The Morgan fingerprint density at radius 3 is 1.87 bits per heavy atom. The molecule has 4 aromatic heterocycles. The van der Waals surface area contributed by atoms with Gasteiger partial charge in [0.1, 0.15) is 22.3 Å². The summed E-state index contributed by atoms with van der Waals surface area (Å²) in [6.45, 7) is 4.83. The van der Waals surface area contributed by atoms with Gasteiger partial charge >= 0.3 is 0 Å². The number of para-hydroxylation sites is 3. The van der Waals surface area contributed by atoms with E-state index in [1.165, 1.54) is 69.8 Å². The molecule has 0 saturated carbocycles. The molecule has 0 aliphatic heterocycles. The highest BCUT2D eigenvalue weighted by Crippen LogP contribution is 2.54. The van der Waals surface area contributed by atoms with Crippen molar-refractivity contribution < 1.29 is 8.83 Å². The van der Waals surface area contributed by atoms with Gasteiger partial charge in [-0.15, -0.1) is 11.3 Å². The van der Waals surface area contributed by atoms with Crippen LogP contribution in [0, 0.1) is 0 Å². The maximum Gasteiger partial charge on any atom is 0.143 e. The van der Waals surface area contributed by atoms with E-state index in [0.717, 1.165) is 66.3 Å². The lowest BCUT2D eigenvalue weighted by molar-refractivity contribution is 0.666. The van der Waals surface area contributed by atoms with Crippen LogP contribution in [0.25, 0.3) is 125 Å². The van der Waals surface area contributed by atoms with Crippen LogP contribution >= 0.6 is 11.3 Å². The summed E-state index contributed by atoms with van der Waals surface area (Å²) in [7, 11) is 0. The highest BCUT2D eigenvalue weighted by Gasteiger charge is 2.38. The Bertz CT molecular complexity index is 4040. The average Bonchev–Trinajstić information content (AvgIpc) is 4.10. The van der Waals surface area contributed by atoms with Gasteiger partial charge in [0.15, 0.2) is 0 Å². The van der Waals surface area contributed by atoms with E-state index in [2.05, 4.69) is 176 Å². The van der Waals surface area contributed by atoms with Crippen LogP contribution in [-0.4, -0.2) is 4.57 Å². The lowest BCUT2D eigenvalue weighted by Gasteiger charge is -2.23. The second-order valence-corrected chi connectivity index (χ2v) is 18.3. The normalized spacial score (nSPS) is 13.5. The number of thiophene rings is 1. The summed E-state index contributed by atoms with van der Waals surface area (Å²) >= 11 is 1.90. The Balaban J connectivity index is 0.996. The number of rotatable bonds is 3. The zero-order valence-electron chi connectivity index (χ0n) is 33.4. The molecule has 286 valence electrons. The molecule has 0 fully saturated rings. The highest BCUT2D eigenvalue weighted by atomic mass is 32.1. The molecule has 3 nitrogen and oxygen atoms in total. The van der Waals surface area contributed by atoms with Crippen molar-refractivity contribution in [1.82, 2.24) is 4.57 Å². The third-order valence-corrected chi connectivity index (χ3v) is 14.7. The maximum atomic E-state index is 6.57. The summed E-state index contributed by atoms with van der Waals surface area (Å²) in [5.41, 5.74) is 17.0. The number of furan rings is 2. The van der Waals surface area contributed by atoms with Crippen LogP contribution in [0.2, 0.25) is 0 Å². The predicted octanol–water partition coefficient (Wildman–Crippen LogP) is 16.6. The summed E-state index contributed by atoms with van der Waals surface area (Å²) in [6.07, 6.45) is 0. The van der Waals surface area contributed by atoms with Gasteiger partial charge in [-0.25, -0.2) is 0 Å². The lowest BCUT2D eigenvalue weighted by atomic mass is 9.80. The van der Waals surface area contributed by atoms with Crippen molar-refractivity contribution in [2.45, 2.75) is 19.3 Å². The number of aromatic nitrogens is 1. The molecule has 0 N–H and O–H groups in total. The van der Waals surface area contributed by atoms with Crippen molar-refractivity contribution in [1.29, 1.82) is 0 Å². The Kier molecular flexibility index (Phi) is 6.51. The summed E-state index contributed by atoms with van der Waals surface area (Å²) in [5, 5.41) is 9.70. The minimum atomic E-state index is -0.190. The third kappa shape index (κ3) is 4.52. The van der Waals surface area contributed by atoms with E-state index in [4.69, 9.17) is 8.83 Å². The molecule has 4 heterocycles. The van der Waals surface area contributed by atoms with E-state index < -0.39 is 0 Å². The zero-order valence-corrected chi connectivity index (χ0v) is 34.2. The predicted molar refractivity (Wildman–Crippen MR) is 257 cm³/mol. The Morgan fingerprint density at radius 1 is 0.426 bits per heavy atom. The van der Waals surface area contributed by atoms with Crippen molar-refractivity contribution >= 4 is 97.2 Å². The summed E-state index contributed by atoms with van der Waals surface area (Å²) in [4.78, 5) is 0. The molecule has 1 aliphatic rings. The second-order valence-electron chi connectivity index (χ2n) is 17.2. The maximum absolute atomic E-state index is 6.57. The smallest absolute Gasteiger partial charge is 0.143 e. The topological polar surface area (TPSA) is 31.2 Å². The molecular formula is C57H35NO2S. The number of benzene rings is 9. The van der Waals surface area contributed by atoms with Crippen molar-refractivity contribution in [3.63, 3.8) is 0 Å². The van der Waals surface area contributed by atoms with Gasteiger partial charge in [0.2, 0.25) is 0 Å². The van der Waals surface area contributed by atoms with Crippen LogP contribution in [0.4, 0.5) is 0 Å². The Labute approximate surface area is 354 Å². The number of fused-ring (bicyclic) bond motifs is 16. The molecule has 0 bridgehead atoms. The number of hydrogen-bond acceptors (Lipinski definition) is 3. The van der Waals surface area contributed by atoms with Gasteiger partial charge in [-0.05, 0) is 112 Å². The second kappa shape index (κ2) is 11.9. The van der Waals surface area contributed by atoms with E-state index in [9.17, 15) is 0 Å². The Morgan fingerprint density at radius 2 is 1.05 bits per heavy atom. The SMILES string of the molecule is CC1(C)c2cc(-n3c4ccc(-c5ccc6oc7ccccc7c6c5)cc4c4cc(-c5cccc6c5oc5ccccc56)ccc43)ccc2-c2ccc3sc4ccccc4c3c21. The van der Waals surface area contributed by atoms with Crippen LogP contribution in [0.15, 0.2) is 185 Å². The van der Waals surface area contributed by atoms with Gasteiger partial charge in [0.25, 0.3) is 0 Å². The first-order valence-corrected chi connectivity index (χ1v) is 21.8. The fraction of sp³-hybridized carbons (Fsp3) is 0.0526. The standard InChI is InChI=1S/C57H35NO2S/c1-57(2)46-31-35(21-22-37(46)40-23-27-53-54(55(40)57)42-12-5-8-17-52(42)61-53)58-47-24-18-32(33-20-26-51-45(29-33)39-11-4-6-15-49(39)59-51)28-43(47)44-30-34(19-25-48(44)58)36-13-9-14-41-38-10-3-7-16-50(38)60-56(36)41/h3-31H,1-2H3. The summed E-state index contributed by atoms with van der Waals surface area (Å²) in [5.74, 6) is 0. The van der Waals surface area contributed by atoms with E-state index in [0.29, 0.717) is 0 Å². The van der Waals surface area contributed by atoms with Gasteiger partial charge in [0.05, 0.1) is 11.0 Å². The van der Waals surface area contributed by atoms with Crippen molar-refractivity contribution in [3.05, 3.63) is 187 Å². The van der Waals surface area contributed by atoms with Crippen LogP contribution in [0.3, 0.4) is 0 Å². The van der Waals surface area contributed by atoms with Crippen molar-refractivity contribution in [3.8, 4) is 39.1 Å². The first-order valence-electron chi connectivity index (χ1n) is 21.0.